The van der Waals surface area contributed by atoms with Crippen molar-refractivity contribution in [2.45, 2.75) is 0 Å². The van der Waals surface area contributed by atoms with E-state index in [1.165, 1.54) is 16.8 Å². The van der Waals surface area contributed by atoms with Crippen LogP contribution in [0.3, 0.4) is 0 Å². The topological polar surface area (TPSA) is 52.6 Å². The highest BCUT2D eigenvalue weighted by Gasteiger charge is 2.03. The van der Waals surface area contributed by atoms with Gasteiger partial charge in [0.1, 0.15) is 11.4 Å². The van der Waals surface area contributed by atoms with Gasteiger partial charge in [0.25, 0.3) is 0 Å². The van der Waals surface area contributed by atoms with Crippen LogP contribution in [0, 0.1) is 0 Å². The molecule has 4 nitrogen and oxygen atoms in total. The summed E-state index contributed by atoms with van der Waals surface area (Å²) in [5.41, 5.74) is 0. The average molecular weight is 166 g/mol. The van der Waals surface area contributed by atoms with Gasteiger partial charge in [-0.25, -0.2) is 9.27 Å². The number of hydrogen-bond acceptors (Lipinski definition) is 5. The minimum atomic E-state index is -2.44. The van der Waals surface area contributed by atoms with Crippen molar-refractivity contribution in [3.8, 4) is 0 Å². The molecular weight excluding hydrogens is 162 g/mol. The van der Waals surface area contributed by atoms with Crippen LogP contribution in [-0.4, -0.2) is 19.7 Å². The number of nitrogens with zero attached hydrogens (tertiary/aromatic N) is 1. The van der Waals surface area contributed by atoms with Gasteiger partial charge in [-0.1, -0.05) is 0 Å². The fourth-order valence-corrected chi connectivity index (χ4v) is 1.31. The van der Waals surface area contributed by atoms with Crippen molar-refractivity contribution in [3.05, 3.63) is 11.6 Å². The van der Waals surface area contributed by atoms with E-state index >= 15 is 0 Å². The quantitative estimate of drug-likeness (QED) is 0.548. The van der Waals surface area contributed by atoms with Gasteiger partial charge in [0.05, 0.1) is 5.88 Å². The molecule has 1 atom stereocenters. The molecule has 0 aromatic heterocycles. The molecule has 6 heteroatoms. The lowest BCUT2D eigenvalue weighted by Gasteiger charge is -2.13. The van der Waals surface area contributed by atoms with Crippen molar-refractivity contribution in [1.82, 2.24) is 5.06 Å². The molecule has 0 saturated carbocycles. The molecule has 0 aromatic carbocycles. The molecule has 0 aromatic rings. The van der Waals surface area contributed by atoms with Crippen LogP contribution in [-0.2, 0) is 15.6 Å². The molecule has 1 rings (SSSR count). The summed E-state index contributed by atoms with van der Waals surface area (Å²) in [6.45, 7) is 0. The first-order valence-electron chi connectivity index (χ1n) is 2.11. The highest BCUT2D eigenvalue weighted by molar-refractivity contribution is 8.02. The van der Waals surface area contributed by atoms with Crippen molar-refractivity contribution in [3.63, 3.8) is 0 Å². The maximum atomic E-state index is 9.85. The molecule has 0 amide bonds. The highest BCUT2D eigenvalue weighted by atomic mass is 32.2. The SMILES string of the molecule is O=S([O-])ON1C=CSC1. The van der Waals surface area contributed by atoms with E-state index in [9.17, 15) is 8.76 Å². The number of hydrogen-bond donors (Lipinski definition) is 0. The zero-order chi connectivity index (χ0) is 6.69. The summed E-state index contributed by atoms with van der Waals surface area (Å²) >= 11 is -0.973. The summed E-state index contributed by atoms with van der Waals surface area (Å²) in [5, 5.41) is 2.99. The minimum Gasteiger partial charge on any atom is -0.748 e. The Bertz CT molecular complexity index is 148. The molecule has 0 bridgehead atoms. The number of rotatable bonds is 2. The van der Waals surface area contributed by atoms with Crippen LogP contribution in [0.5, 0.6) is 0 Å². The first kappa shape index (κ1) is 7.07. The zero-order valence-corrected chi connectivity index (χ0v) is 5.98. The Morgan fingerprint density at radius 1 is 1.89 bits per heavy atom. The Labute approximate surface area is 59.3 Å². The van der Waals surface area contributed by atoms with Crippen LogP contribution in [0.2, 0.25) is 0 Å². The lowest BCUT2D eigenvalue weighted by atomic mass is 11.0. The van der Waals surface area contributed by atoms with Gasteiger partial charge < -0.3 is 4.55 Å². The maximum Gasteiger partial charge on any atom is 0.112 e. The van der Waals surface area contributed by atoms with Gasteiger partial charge >= 0.3 is 0 Å². The van der Waals surface area contributed by atoms with Gasteiger partial charge in [-0.05, 0) is 5.41 Å². The van der Waals surface area contributed by atoms with E-state index < -0.39 is 11.4 Å². The predicted molar refractivity (Wildman–Crippen MR) is 33.4 cm³/mol. The van der Waals surface area contributed by atoms with E-state index in [0.717, 1.165) is 0 Å². The fourth-order valence-electron chi connectivity index (χ4n) is 0.395. The van der Waals surface area contributed by atoms with Crippen molar-refractivity contribution in [2.24, 2.45) is 0 Å². The van der Waals surface area contributed by atoms with E-state index in [4.69, 9.17) is 0 Å². The molecule has 0 fully saturated rings. The Morgan fingerprint density at radius 3 is 3.11 bits per heavy atom. The Hall–Kier alpha value is -0.0400. The maximum absolute atomic E-state index is 9.85. The Morgan fingerprint density at radius 2 is 2.67 bits per heavy atom. The van der Waals surface area contributed by atoms with Crippen LogP contribution >= 0.6 is 11.8 Å². The number of thioether (sulfide) groups is 1. The molecular formula is C3H4NO3S2-. The lowest BCUT2D eigenvalue weighted by molar-refractivity contribution is 0.0221. The van der Waals surface area contributed by atoms with Gasteiger partial charge in [0.2, 0.25) is 0 Å². The van der Waals surface area contributed by atoms with E-state index in [1.807, 2.05) is 0 Å². The van der Waals surface area contributed by atoms with Crippen LogP contribution in [0.15, 0.2) is 11.6 Å². The third-order valence-corrected chi connectivity index (χ3v) is 1.71. The fraction of sp³-hybridized carbons (Fsp3) is 0.333. The summed E-state index contributed by atoms with van der Waals surface area (Å²) in [6.07, 6.45) is 1.56. The van der Waals surface area contributed by atoms with Crippen molar-refractivity contribution < 1.29 is 13.0 Å². The summed E-state index contributed by atoms with van der Waals surface area (Å²) < 4.78 is 23.9. The summed E-state index contributed by atoms with van der Waals surface area (Å²) in [5.74, 6) is 0.536. The van der Waals surface area contributed by atoms with Gasteiger partial charge in [-0.3, -0.25) is 0 Å². The molecule has 1 unspecified atom stereocenters. The van der Waals surface area contributed by atoms with Gasteiger partial charge in [0, 0.05) is 6.20 Å². The van der Waals surface area contributed by atoms with E-state index in [0.29, 0.717) is 5.88 Å². The van der Waals surface area contributed by atoms with Crippen LogP contribution in [0.1, 0.15) is 0 Å². The summed E-state index contributed by atoms with van der Waals surface area (Å²) in [7, 11) is 0. The summed E-state index contributed by atoms with van der Waals surface area (Å²) in [6, 6.07) is 0. The second-order valence-electron chi connectivity index (χ2n) is 1.28. The molecule has 0 spiro atoms. The predicted octanol–water partition coefficient (Wildman–Crippen LogP) is 0.190. The molecule has 0 aliphatic carbocycles. The molecule has 0 N–H and O–H groups in total. The molecule has 1 heterocycles. The minimum absolute atomic E-state index is 0.536. The molecule has 52 valence electrons. The molecule has 1 aliphatic rings. The number of hydroxylamine groups is 2. The standard InChI is InChI=1S/C3H5NO3S2/c5-9(6)7-4-1-2-8-3-4/h1-2H,3H2,(H,5,6)/p-1. The monoisotopic (exact) mass is 166 g/mol. The summed E-state index contributed by atoms with van der Waals surface area (Å²) in [4.78, 5) is 0. The molecule has 0 radical (unpaired) electrons. The van der Waals surface area contributed by atoms with Crippen LogP contribution < -0.4 is 0 Å². The molecule has 0 saturated heterocycles. The van der Waals surface area contributed by atoms with E-state index in [-0.39, 0.29) is 0 Å². The van der Waals surface area contributed by atoms with Crippen molar-refractivity contribution >= 4 is 23.1 Å². The molecule has 1 aliphatic heterocycles. The first-order valence-corrected chi connectivity index (χ1v) is 4.16. The van der Waals surface area contributed by atoms with Gasteiger partial charge in [0.15, 0.2) is 0 Å². The third-order valence-electron chi connectivity index (χ3n) is 0.682. The first-order chi connectivity index (χ1) is 4.29. The largest absolute Gasteiger partial charge is 0.748 e. The zero-order valence-electron chi connectivity index (χ0n) is 4.35. The average Bonchev–Trinajstić information content (AvgIpc) is 2.15. The van der Waals surface area contributed by atoms with Crippen LogP contribution in [0.25, 0.3) is 0 Å². The van der Waals surface area contributed by atoms with E-state index in [1.54, 1.807) is 11.6 Å². The van der Waals surface area contributed by atoms with Crippen molar-refractivity contribution in [1.29, 1.82) is 0 Å². The van der Waals surface area contributed by atoms with Gasteiger partial charge in [-0.15, -0.1) is 11.8 Å². The smallest absolute Gasteiger partial charge is 0.112 e. The van der Waals surface area contributed by atoms with Crippen LogP contribution in [0.4, 0.5) is 0 Å². The third kappa shape index (κ3) is 2.35. The Balaban J connectivity index is 2.28. The normalized spacial score (nSPS) is 20.8. The second kappa shape index (κ2) is 3.21. The Kier molecular flexibility index (Phi) is 2.52. The van der Waals surface area contributed by atoms with Crippen molar-refractivity contribution in [2.75, 3.05) is 5.88 Å². The van der Waals surface area contributed by atoms with Gasteiger partial charge in [-0.2, -0.15) is 4.28 Å². The highest BCUT2D eigenvalue weighted by Crippen LogP contribution is 2.14. The lowest BCUT2D eigenvalue weighted by Crippen LogP contribution is -2.15. The molecule has 9 heavy (non-hydrogen) atoms. The van der Waals surface area contributed by atoms with E-state index in [2.05, 4.69) is 4.28 Å². The second-order valence-corrected chi connectivity index (χ2v) is 2.70.